The van der Waals surface area contributed by atoms with Gasteiger partial charge in [-0.05, 0) is 41.5 Å². The van der Waals surface area contributed by atoms with E-state index in [4.69, 9.17) is 5.73 Å². The summed E-state index contributed by atoms with van der Waals surface area (Å²) >= 11 is 1.53. The summed E-state index contributed by atoms with van der Waals surface area (Å²) < 4.78 is 0. The lowest BCUT2D eigenvalue weighted by atomic mass is 9.99. The van der Waals surface area contributed by atoms with Crippen molar-refractivity contribution < 1.29 is 24.3 Å². The molecule has 0 saturated heterocycles. The Morgan fingerprint density at radius 3 is 2.17 bits per heavy atom. The number of hydrogen-bond acceptors (Lipinski definition) is 6. The SMILES string of the molecule is CCC(C)C(N)C(=O)NC(CCSC)C(=O)NC(Cc1ccccc1)C(=O)NC(Cc1c[nH]c2ccccc12)C(=O)O. The van der Waals surface area contributed by atoms with Gasteiger partial charge in [-0.1, -0.05) is 68.8 Å². The highest BCUT2D eigenvalue weighted by Gasteiger charge is 2.31. The van der Waals surface area contributed by atoms with Gasteiger partial charge in [0.15, 0.2) is 0 Å². The molecule has 0 saturated carbocycles. The Morgan fingerprint density at radius 2 is 1.50 bits per heavy atom. The largest absolute Gasteiger partial charge is 0.480 e. The lowest BCUT2D eigenvalue weighted by Crippen LogP contribution is -2.58. The Labute approximate surface area is 250 Å². The molecule has 0 aliphatic rings. The molecule has 1 aromatic heterocycles. The average Bonchev–Trinajstić information content (AvgIpc) is 3.40. The summed E-state index contributed by atoms with van der Waals surface area (Å²) in [7, 11) is 0. The van der Waals surface area contributed by atoms with Crippen LogP contribution in [-0.4, -0.2) is 70.0 Å². The number of para-hydroxylation sites is 1. The molecule has 2 aromatic carbocycles. The van der Waals surface area contributed by atoms with Crippen LogP contribution in [0.25, 0.3) is 10.9 Å². The van der Waals surface area contributed by atoms with E-state index in [0.29, 0.717) is 18.6 Å². The molecule has 0 radical (unpaired) electrons. The second-order valence-electron chi connectivity index (χ2n) is 10.5. The number of amides is 3. The first-order valence-electron chi connectivity index (χ1n) is 14.1. The molecule has 5 unspecified atom stereocenters. The monoisotopic (exact) mass is 595 g/mol. The highest BCUT2D eigenvalue weighted by atomic mass is 32.2. The quantitative estimate of drug-likeness (QED) is 0.148. The number of carboxylic acids is 1. The fraction of sp³-hybridized carbons (Fsp3) is 0.419. The van der Waals surface area contributed by atoms with E-state index in [1.165, 1.54) is 11.8 Å². The molecule has 1 heterocycles. The molecule has 5 atom stereocenters. The van der Waals surface area contributed by atoms with Gasteiger partial charge in [0, 0.05) is 29.9 Å². The summed E-state index contributed by atoms with van der Waals surface area (Å²) in [5.41, 5.74) is 8.50. The van der Waals surface area contributed by atoms with Gasteiger partial charge in [0.1, 0.15) is 18.1 Å². The maximum Gasteiger partial charge on any atom is 0.326 e. The Balaban J connectivity index is 1.80. The zero-order valence-corrected chi connectivity index (χ0v) is 25.1. The van der Waals surface area contributed by atoms with Gasteiger partial charge in [-0.3, -0.25) is 14.4 Å². The number of rotatable bonds is 16. The van der Waals surface area contributed by atoms with Crippen molar-refractivity contribution in [1.29, 1.82) is 0 Å². The van der Waals surface area contributed by atoms with E-state index in [-0.39, 0.29) is 18.8 Å². The lowest BCUT2D eigenvalue weighted by molar-refractivity contribution is -0.142. The van der Waals surface area contributed by atoms with Crippen molar-refractivity contribution in [3.05, 3.63) is 71.9 Å². The van der Waals surface area contributed by atoms with E-state index < -0.39 is 47.9 Å². The van der Waals surface area contributed by atoms with E-state index in [1.54, 1.807) is 6.20 Å². The average molecular weight is 596 g/mol. The van der Waals surface area contributed by atoms with Crippen molar-refractivity contribution in [2.75, 3.05) is 12.0 Å². The van der Waals surface area contributed by atoms with E-state index in [9.17, 15) is 24.3 Å². The highest BCUT2D eigenvalue weighted by Crippen LogP contribution is 2.19. The Hall–Kier alpha value is -3.83. The second-order valence-corrected chi connectivity index (χ2v) is 11.5. The summed E-state index contributed by atoms with van der Waals surface area (Å²) in [6.07, 6.45) is 4.86. The third-order valence-electron chi connectivity index (χ3n) is 7.43. The van der Waals surface area contributed by atoms with Gasteiger partial charge in [-0.2, -0.15) is 11.8 Å². The van der Waals surface area contributed by atoms with Gasteiger partial charge in [0.2, 0.25) is 17.7 Å². The van der Waals surface area contributed by atoms with Crippen molar-refractivity contribution in [3.8, 4) is 0 Å². The number of nitrogens with two attached hydrogens (primary N) is 1. The van der Waals surface area contributed by atoms with E-state index in [1.807, 2.05) is 74.7 Å². The number of H-pyrrole nitrogens is 1. The molecule has 3 rings (SSSR count). The van der Waals surface area contributed by atoms with E-state index >= 15 is 0 Å². The van der Waals surface area contributed by atoms with Crippen molar-refractivity contribution in [2.45, 2.75) is 63.7 Å². The van der Waals surface area contributed by atoms with Crippen molar-refractivity contribution in [3.63, 3.8) is 0 Å². The van der Waals surface area contributed by atoms with Crippen molar-refractivity contribution >= 4 is 46.4 Å². The Bertz CT molecular complexity index is 1350. The van der Waals surface area contributed by atoms with Gasteiger partial charge in [-0.15, -0.1) is 0 Å². The minimum atomic E-state index is -1.23. The number of carbonyl (C=O) groups excluding carboxylic acids is 3. The van der Waals surface area contributed by atoms with Crippen LogP contribution in [0.15, 0.2) is 60.8 Å². The predicted molar refractivity (Wildman–Crippen MR) is 166 cm³/mol. The third-order valence-corrected chi connectivity index (χ3v) is 8.08. The summed E-state index contributed by atoms with van der Waals surface area (Å²) in [6, 6.07) is 12.7. The number of carbonyl (C=O) groups is 4. The first-order valence-corrected chi connectivity index (χ1v) is 15.5. The minimum Gasteiger partial charge on any atom is -0.480 e. The first-order chi connectivity index (χ1) is 20.1. The number of nitrogens with one attached hydrogen (secondary N) is 4. The van der Waals surface area contributed by atoms with Crippen LogP contribution >= 0.6 is 11.8 Å². The molecule has 10 nitrogen and oxygen atoms in total. The molecule has 0 aliphatic carbocycles. The van der Waals surface area contributed by atoms with Crippen LogP contribution in [0, 0.1) is 5.92 Å². The van der Waals surface area contributed by atoms with Crippen LogP contribution in [0.1, 0.15) is 37.8 Å². The molecule has 7 N–H and O–H groups in total. The topological polar surface area (TPSA) is 166 Å². The van der Waals surface area contributed by atoms with Crippen LogP contribution in [0.4, 0.5) is 0 Å². The molecule has 0 spiro atoms. The maximum absolute atomic E-state index is 13.6. The third kappa shape index (κ3) is 9.09. The van der Waals surface area contributed by atoms with Gasteiger partial charge in [-0.25, -0.2) is 4.79 Å². The highest BCUT2D eigenvalue weighted by molar-refractivity contribution is 7.98. The molecule has 0 fully saturated rings. The van der Waals surface area contributed by atoms with E-state index in [0.717, 1.165) is 22.0 Å². The Kier molecular flexibility index (Phi) is 12.4. The fourth-order valence-electron chi connectivity index (χ4n) is 4.61. The zero-order chi connectivity index (χ0) is 30.6. The van der Waals surface area contributed by atoms with Crippen molar-refractivity contribution in [2.24, 2.45) is 11.7 Å². The number of hydrogen-bond donors (Lipinski definition) is 6. The van der Waals surface area contributed by atoms with Crippen LogP contribution in [-0.2, 0) is 32.0 Å². The van der Waals surface area contributed by atoms with E-state index in [2.05, 4.69) is 20.9 Å². The molecule has 42 heavy (non-hydrogen) atoms. The standard InChI is InChI=1S/C31H41N5O5S/c1-4-19(2)27(32)30(39)34-24(14-15-42-3)28(37)35-25(16-20-10-6-5-7-11-20)29(38)36-26(31(40)41)17-21-18-33-23-13-9-8-12-22(21)23/h5-13,18-19,24-27,33H,4,14-17,32H2,1-3H3,(H,34,39)(H,35,37)(H,36,38)(H,40,41). The van der Waals surface area contributed by atoms with Crippen molar-refractivity contribution in [1.82, 2.24) is 20.9 Å². The summed E-state index contributed by atoms with van der Waals surface area (Å²) in [5.74, 6) is -2.27. The molecule has 3 amide bonds. The first kappa shape index (κ1) is 32.7. The predicted octanol–water partition coefficient (Wildman–Crippen LogP) is 2.62. The van der Waals surface area contributed by atoms with Crippen LogP contribution in [0.2, 0.25) is 0 Å². The smallest absolute Gasteiger partial charge is 0.326 e. The molecule has 0 aliphatic heterocycles. The molecule has 11 heteroatoms. The fourth-order valence-corrected chi connectivity index (χ4v) is 5.08. The number of benzene rings is 2. The number of aromatic amines is 1. The van der Waals surface area contributed by atoms with Crippen LogP contribution < -0.4 is 21.7 Å². The number of aliphatic carboxylic acids is 1. The van der Waals surface area contributed by atoms with Gasteiger partial charge >= 0.3 is 5.97 Å². The molecule has 3 aromatic rings. The van der Waals surface area contributed by atoms with Gasteiger partial charge in [0.25, 0.3) is 0 Å². The van der Waals surface area contributed by atoms with Gasteiger partial charge in [0.05, 0.1) is 6.04 Å². The summed E-state index contributed by atoms with van der Waals surface area (Å²) in [4.78, 5) is 55.2. The normalized spacial score (nSPS) is 14.8. The molecular formula is C31H41N5O5S. The lowest BCUT2D eigenvalue weighted by Gasteiger charge is -2.26. The molecular weight excluding hydrogens is 554 g/mol. The molecule has 0 bridgehead atoms. The summed E-state index contributed by atoms with van der Waals surface area (Å²) in [6.45, 7) is 3.81. The molecule has 226 valence electrons. The number of thioether (sulfide) groups is 1. The van der Waals surface area contributed by atoms with Crippen LogP contribution in [0.3, 0.4) is 0 Å². The zero-order valence-electron chi connectivity index (χ0n) is 24.3. The number of fused-ring (bicyclic) bond motifs is 1. The second kappa shape index (κ2) is 16.0. The minimum absolute atomic E-state index is 0.0526. The number of aromatic nitrogens is 1. The Morgan fingerprint density at radius 1 is 0.881 bits per heavy atom. The number of carboxylic acid groups (broad SMARTS) is 1. The van der Waals surface area contributed by atoms with Crippen LogP contribution in [0.5, 0.6) is 0 Å². The summed E-state index contributed by atoms with van der Waals surface area (Å²) in [5, 5.41) is 19.0. The van der Waals surface area contributed by atoms with Gasteiger partial charge < -0.3 is 31.8 Å². The maximum atomic E-state index is 13.6.